The third kappa shape index (κ3) is 3.98. The van der Waals surface area contributed by atoms with Gasteiger partial charge in [0.1, 0.15) is 0 Å². The van der Waals surface area contributed by atoms with E-state index in [1.807, 2.05) is 0 Å². The normalized spacial score (nSPS) is 15.4. The topological polar surface area (TPSA) is 70.2 Å². The van der Waals surface area contributed by atoms with Crippen molar-refractivity contribution >= 4 is 23.3 Å². The Labute approximate surface area is 119 Å². The molecule has 1 aromatic carbocycles. The molecule has 108 valence electrons. The third-order valence-corrected chi connectivity index (χ3v) is 3.61. The molecule has 0 unspecified atom stereocenters. The first-order valence-electron chi connectivity index (χ1n) is 7.08. The lowest BCUT2D eigenvalue weighted by atomic mass is 9.88. The number of hydrogen-bond acceptors (Lipinski definition) is 2. The molecule has 3 N–H and O–H groups in total. The van der Waals surface area contributed by atoms with Gasteiger partial charge in [-0.15, -0.1) is 0 Å². The van der Waals surface area contributed by atoms with Gasteiger partial charge in [-0.05, 0) is 37.1 Å². The summed E-state index contributed by atoms with van der Waals surface area (Å²) in [5.74, 6) is 0.254. The molecule has 5 nitrogen and oxygen atoms in total. The lowest BCUT2D eigenvalue weighted by Gasteiger charge is -2.20. The molecular formula is C15H21N3O2. The lowest BCUT2D eigenvalue weighted by Crippen LogP contribution is -2.25. The van der Waals surface area contributed by atoms with Crippen molar-refractivity contribution in [3.05, 3.63) is 24.3 Å². The first-order valence-corrected chi connectivity index (χ1v) is 7.08. The van der Waals surface area contributed by atoms with Crippen LogP contribution in [0.2, 0.25) is 0 Å². The number of hydrogen-bond donors (Lipinski definition) is 3. The molecule has 1 fully saturated rings. The molecule has 0 atom stereocenters. The van der Waals surface area contributed by atoms with Gasteiger partial charge in [-0.25, -0.2) is 4.79 Å². The zero-order valence-electron chi connectivity index (χ0n) is 11.7. The van der Waals surface area contributed by atoms with Crippen molar-refractivity contribution in [1.82, 2.24) is 5.32 Å². The second-order valence-corrected chi connectivity index (χ2v) is 5.11. The summed E-state index contributed by atoms with van der Waals surface area (Å²) < 4.78 is 0. The van der Waals surface area contributed by atoms with Crippen molar-refractivity contribution in [1.29, 1.82) is 0 Å². The Kier molecular flexibility index (Phi) is 4.98. The summed E-state index contributed by atoms with van der Waals surface area (Å²) in [4.78, 5) is 23.2. The summed E-state index contributed by atoms with van der Waals surface area (Å²) in [6.07, 6.45) is 5.51. The van der Waals surface area contributed by atoms with Gasteiger partial charge in [0.25, 0.3) is 0 Å². The minimum Gasteiger partial charge on any atom is -0.341 e. The molecule has 3 amide bonds. The minimum absolute atomic E-state index is 0.108. The second-order valence-electron chi connectivity index (χ2n) is 5.11. The second kappa shape index (κ2) is 6.93. The van der Waals surface area contributed by atoms with Crippen LogP contribution in [0.4, 0.5) is 16.2 Å². The maximum atomic E-state index is 12.1. The number of carbonyl (C=O) groups is 2. The van der Waals surface area contributed by atoms with Crippen LogP contribution in [-0.4, -0.2) is 19.0 Å². The van der Waals surface area contributed by atoms with Crippen LogP contribution in [0.25, 0.3) is 0 Å². The Morgan fingerprint density at radius 1 is 0.950 bits per heavy atom. The molecule has 1 aliphatic carbocycles. The molecule has 20 heavy (non-hydrogen) atoms. The Bertz CT molecular complexity index is 465. The number of benzene rings is 1. The molecule has 0 radical (unpaired) electrons. The highest BCUT2D eigenvalue weighted by molar-refractivity contribution is 5.93. The van der Waals surface area contributed by atoms with Crippen LogP contribution >= 0.6 is 0 Å². The standard InChI is InChI=1S/C15H21N3O2/c1-16-15(20)18-13-9-7-12(8-10-13)17-14(19)11-5-3-2-4-6-11/h7-11H,2-6H2,1H3,(H,17,19)(H2,16,18,20). The first kappa shape index (κ1) is 14.4. The zero-order valence-corrected chi connectivity index (χ0v) is 11.7. The van der Waals surface area contributed by atoms with E-state index in [4.69, 9.17) is 0 Å². The van der Waals surface area contributed by atoms with Crippen LogP contribution in [0.1, 0.15) is 32.1 Å². The van der Waals surface area contributed by atoms with E-state index in [-0.39, 0.29) is 17.9 Å². The van der Waals surface area contributed by atoms with Gasteiger partial charge in [0, 0.05) is 24.3 Å². The summed E-state index contributed by atoms with van der Waals surface area (Å²) in [5, 5.41) is 8.10. The highest BCUT2D eigenvalue weighted by Gasteiger charge is 2.20. The molecule has 0 heterocycles. The molecular weight excluding hydrogens is 254 g/mol. The van der Waals surface area contributed by atoms with Gasteiger partial charge in [-0.2, -0.15) is 0 Å². The van der Waals surface area contributed by atoms with Gasteiger partial charge < -0.3 is 16.0 Å². The van der Waals surface area contributed by atoms with Crippen molar-refractivity contribution in [2.75, 3.05) is 17.7 Å². The molecule has 1 saturated carbocycles. The quantitative estimate of drug-likeness (QED) is 0.793. The predicted octanol–water partition coefficient (Wildman–Crippen LogP) is 2.96. The SMILES string of the molecule is CNC(=O)Nc1ccc(NC(=O)C2CCCCC2)cc1. The predicted molar refractivity (Wildman–Crippen MR) is 79.7 cm³/mol. The largest absolute Gasteiger partial charge is 0.341 e. The number of amides is 3. The molecule has 0 spiro atoms. The molecule has 1 aliphatic rings. The van der Waals surface area contributed by atoms with E-state index in [1.165, 1.54) is 6.42 Å². The first-order chi connectivity index (χ1) is 9.69. The van der Waals surface area contributed by atoms with E-state index in [2.05, 4.69) is 16.0 Å². The van der Waals surface area contributed by atoms with Crippen LogP contribution in [0, 0.1) is 5.92 Å². The Hall–Kier alpha value is -2.04. The van der Waals surface area contributed by atoms with Crippen molar-refractivity contribution in [3.8, 4) is 0 Å². The summed E-state index contributed by atoms with van der Waals surface area (Å²) in [6.45, 7) is 0. The Morgan fingerprint density at radius 2 is 1.50 bits per heavy atom. The monoisotopic (exact) mass is 275 g/mol. The van der Waals surface area contributed by atoms with Crippen molar-refractivity contribution in [2.45, 2.75) is 32.1 Å². The molecule has 0 bridgehead atoms. The van der Waals surface area contributed by atoms with Crippen LogP contribution in [0.5, 0.6) is 0 Å². The number of urea groups is 1. The molecule has 0 saturated heterocycles. The molecule has 2 rings (SSSR count). The fourth-order valence-electron chi connectivity index (χ4n) is 2.44. The fourth-order valence-corrected chi connectivity index (χ4v) is 2.44. The summed E-state index contributed by atoms with van der Waals surface area (Å²) >= 11 is 0. The van der Waals surface area contributed by atoms with Crippen molar-refractivity contribution in [3.63, 3.8) is 0 Å². The summed E-state index contributed by atoms with van der Waals surface area (Å²) in [6, 6.07) is 6.87. The van der Waals surface area contributed by atoms with Gasteiger partial charge in [0.05, 0.1) is 0 Å². The maximum absolute atomic E-state index is 12.1. The number of nitrogens with one attached hydrogen (secondary N) is 3. The molecule has 5 heteroatoms. The van der Waals surface area contributed by atoms with Gasteiger partial charge in [-0.1, -0.05) is 19.3 Å². The smallest absolute Gasteiger partial charge is 0.318 e. The maximum Gasteiger partial charge on any atom is 0.318 e. The van der Waals surface area contributed by atoms with Crippen LogP contribution in [0.15, 0.2) is 24.3 Å². The van der Waals surface area contributed by atoms with Crippen LogP contribution in [0.3, 0.4) is 0 Å². The highest BCUT2D eigenvalue weighted by atomic mass is 16.2. The van der Waals surface area contributed by atoms with Crippen LogP contribution < -0.4 is 16.0 Å². The highest BCUT2D eigenvalue weighted by Crippen LogP contribution is 2.25. The number of rotatable bonds is 3. The van der Waals surface area contributed by atoms with E-state index in [0.29, 0.717) is 5.69 Å². The van der Waals surface area contributed by atoms with E-state index in [9.17, 15) is 9.59 Å². The Morgan fingerprint density at radius 3 is 2.05 bits per heavy atom. The van der Waals surface area contributed by atoms with Crippen molar-refractivity contribution < 1.29 is 9.59 Å². The number of anilines is 2. The van der Waals surface area contributed by atoms with E-state index in [1.54, 1.807) is 31.3 Å². The van der Waals surface area contributed by atoms with Crippen LogP contribution in [-0.2, 0) is 4.79 Å². The molecule has 0 aromatic heterocycles. The summed E-state index contributed by atoms with van der Waals surface area (Å²) in [5.41, 5.74) is 1.46. The van der Waals surface area contributed by atoms with Gasteiger partial charge >= 0.3 is 6.03 Å². The third-order valence-electron chi connectivity index (χ3n) is 3.61. The van der Waals surface area contributed by atoms with E-state index in [0.717, 1.165) is 31.4 Å². The summed E-state index contributed by atoms with van der Waals surface area (Å²) in [7, 11) is 1.56. The van der Waals surface area contributed by atoms with Gasteiger partial charge in [0.15, 0.2) is 0 Å². The van der Waals surface area contributed by atoms with Crippen molar-refractivity contribution in [2.24, 2.45) is 5.92 Å². The number of carbonyl (C=O) groups excluding carboxylic acids is 2. The zero-order chi connectivity index (χ0) is 14.4. The molecule has 1 aromatic rings. The fraction of sp³-hybridized carbons (Fsp3) is 0.467. The lowest BCUT2D eigenvalue weighted by molar-refractivity contribution is -0.120. The van der Waals surface area contributed by atoms with Gasteiger partial charge in [-0.3, -0.25) is 4.79 Å². The van der Waals surface area contributed by atoms with E-state index >= 15 is 0 Å². The minimum atomic E-state index is -0.260. The van der Waals surface area contributed by atoms with Gasteiger partial charge in [0.2, 0.25) is 5.91 Å². The molecule has 0 aliphatic heterocycles. The van der Waals surface area contributed by atoms with E-state index < -0.39 is 0 Å². The Balaban J connectivity index is 1.89. The average Bonchev–Trinajstić information content (AvgIpc) is 2.50. The average molecular weight is 275 g/mol.